The Kier molecular flexibility index (Phi) is 7.61. The topological polar surface area (TPSA) is 66.4 Å². The van der Waals surface area contributed by atoms with Gasteiger partial charge in [0.2, 0.25) is 5.91 Å². The number of halogens is 2. The van der Waals surface area contributed by atoms with Crippen molar-refractivity contribution in [3.8, 4) is 5.75 Å². The number of ketones is 1. The summed E-state index contributed by atoms with van der Waals surface area (Å²) in [6, 6.07) is 7.59. The summed E-state index contributed by atoms with van der Waals surface area (Å²) in [5, 5.41) is 13.3. The van der Waals surface area contributed by atoms with E-state index in [1.165, 1.54) is 23.3 Å². The summed E-state index contributed by atoms with van der Waals surface area (Å²) in [6.07, 6.45) is 8.19. The highest BCUT2D eigenvalue weighted by molar-refractivity contribution is 5.87. The Labute approximate surface area is 224 Å². The Hall–Kier alpha value is -2.76. The molecule has 2 fully saturated rings. The maximum Gasteiger partial charge on any atom is 0.220 e. The molecule has 2 saturated carbocycles. The molecule has 2 aromatic rings. The largest absolute Gasteiger partial charge is 0.508 e. The third-order valence-electron chi connectivity index (χ3n) is 9.76. The Morgan fingerprint density at radius 3 is 2.74 bits per heavy atom. The van der Waals surface area contributed by atoms with Crippen LogP contribution in [0.2, 0.25) is 0 Å². The summed E-state index contributed by atoms with van der Waals surface area (Å²) in [5.41, 5.74) is 3.66. The Balaban J connectivity index is 1.24. The number of amides is 1. The maximum atomic E-state index is 13.9. The number of hydrogen-bond acceptors (Lipinski definition) is 3. The predicted octanol–water partition coefficient (Wildman–Crippen LogP) is 6.76. The summed E-state index contributed by atoms with van der Waals surface area (Å²) in [4.78, 5) is 25.7. The fourth-order valence-corrected chi connectivity index (χ4v) is 7.92. The Bertz CT molecular complexity index is 1230. The van der Waals surface area contributed by atoms with Crippen LogP contribution in [0.3, 0.4) is 0 Å². The van der Waals surface area contributed by atoms with Crippen molar-refractivity contribution in [3.05, 3.63) is 64.2 Å². The second-order valence-electron chi connectivity index (χ2n) is 12.0. The van der Waals surface area contributed by atoms with Crippen molar-refractivity contribution in [3.63, 3.8) is 0 Å². The molecule has 1 amide bonds. The Morgan fingerprint density at radius 2 is 1.97 bits per heavy atom. The number of nitrogens with one attached hydrogen (secondary N) is 1. The van der Waals surface area contributed by atoms with Gasteiger partial charge in [-0.25, -0.2) is 8.78 Å². The minimum Gasteiger partial charge on any atom is -0.508 e. The second kappa shape index (κ2) is 10.8. The van der Waals surface area contributed by atoms with Crippen LogP contribution in [-0.4, -0.2) is 16.8 Å². The van der Waals surface area contributed by atoms with Crippen LogP contribution in [0, 0.1) is 34.8 Å². The lowest BCUT2D eigenvalue weighted by molar-refractivity contribution is -0.129. The van der Waals surface area contributed by atoms with Crippen molar-refractivity contribution in [1.82, 2.24) is 5.32 Å². The van der Waals surface area contributed by atoms with Crippen molar-refractivity contribution in [1.29, 1.82) is 0 Å². The summed E-state index contributed by atoms with van der Waals surface area (Å²) in [6.45, 7) is 4.34. The van der Waals surface area contributed by atoms with Gasteiger partial charge in [-0.3, -0.25) is 9.59 Å². The summed E-state index contributed by atoms with van der Waals surface area (Å²) >= 11 is 0. The number of rotatable bonds is 8. The SMILES string of the molecule is CCCc1cc2c(cc1O)CC[C@H]1[C@@H]3[C@H](CCCC(=O)NCc4ccc(F)cc4F)CC(=O)[C@@]3(C)CC[C@H]21. The molecule has 3 aliphatic rings. The average Bonchev–Trinajstić information content (AvgIpc) is 3.13. The molecule has 0 aromatic heterocycles. The highest BCUT2D eigenvalue weighted by atomic mass is 19.1. The van der Waals surface area contributed by atoms with Gasteiger partial charge in [-0.1, -0.05) is 32.4 Å². The molecule has 3 aliphatic carbocycles. The van der Waals surface area contributed by atoms with Crippen LogP contribution in [0.25, 0.3) is 0 Å². The highest BCUT2D eigenvalue weighted by Gasteiger charge is 2.58. The van der Waals surface area contributed by atoms with Crippen molar-refractivity contribution in [2.75, 3.05) is 0 Å². The molecule has 5 rings (SSSR count). The first kappa shape index (κ1) is 26.8. The number of Topliss-reactive ketones (excluding diaryl/α,β-unsaturated/α-hetero) is 1. The number of aryl methyl sites for hydroxylation is 2. The van der Waals surface area contributed by atoms with E-state index in [0.29, 0.717) is 48.5 Å². The van der Waals surface area contributed by atoms with Crippen molar-refractivity contribution in [2.24, 2.45) is 23.2 Å². The average molecular weight is 524 g/mol. The fourth-order valence-electron chi connectivity index (χ4n) is 7.92. The number of carbonyl (C=O) groups excluding carboxylic acids is 2. The molecule has 204 valence electrons. The monoisotopic (exact) mass is 523 g/mol. The van der Waals surface area contributed by atoms with E-state index in [0.717, 1.165) is 56.6 Å². The lowest BCUT2D eigenvalue weighted by atomic mass is 9.54. The maximum absolute atomic E-state index is 13.9. The van der Waals surface area contributed by atoms with Crippen molar-refractivity contribution < 1.29 is 23.5 Å². The van der Waals surface area contributed by atoms with Crippen LogP contribution in [0.5, 0.6) is 5.75 Å². The Morgan fingerprint density at radius 1 is 1.16 bits per heavy atom. The molecule has 2 aromatic carbocycles. The van der Waals surface area contributed by atoms with E-state index in [2.05, 4.69) is 25.2 Å². The van der Waals surface area contributed by atoms with Crippen LogP contribution in [0.1, 0.15) is 93.4 Å². The number of hydrogen-bond donors (Lipinski definition) is 2. The molecular weight excluding hydrogens is 484 g/mol. The molecule has 6 heteroatoms. The molecule has 0 bridgehead atoms. The molecule has 0 aliphatic heterocycles. The number of fused-ring (bicyclic) bond motifs is 5. The summed E-state index contributed by atoms with van der Waals surface area (Å²) in [5.74, 6) is 0.815. The van der Waals surface area contributed by atoms with E-state index in [4.69, 9.17) is 0 Å². The summed E-state index contributed by atoms with van der Waals surface area (Å²) < 4.78 is 27.0. The molecule has 0 radical (unpaired) electrons. The van der Waals surface area contributed by atoms with Crippen LogP contribution < -0.4 is 5.32 Å². The molecule has 38 heavy (non-hydrogen) atoms. The van der Waals surface area contributed by atoms with Gasteiger partial charge in [-0.15, -0.1) is 0 Å². The van der Waals surface area contributed by atoms with E-state index < -0.39 is 11.6 Å². The number of aromatic hydroxyl groups is 1. The zero-order chi connectivity index (χ0) is 27.0. The fraction of sp³-hybridized carbons (Fsp3) is 0.562. The van der Waals surface area contributed by atoms with E-state index in [1.807, 2.05) is 6.07 Å². The number of phenols is 1. The molecule has 2 N–H and O–H groups in total. The lowest BCUT2D eigenvalue weighted by Gasteiger charge is -2.50. The molecule has 5 atom stereocenters. The third-order valence-corrected chi connectivity index (χ3v) is 9.76. The van der Waals surface area contributed by atoms with Gasteiger partial charge in [0.15, 0.2) is 0 Å². The summed E-state index contributed by atoms with van der Waals surface area (Å²) in [7, 11) is 0. The van der Waals surface area contributed by atoms with Crippen LogP contribution in [0.4, 0.5) is 8.78 Å². The highest BCUT2D eigenvalue weighted by Crippen LogP contribution is 2.62. The zero-order valence-electron chi connectivity index (χ0n) is 22.5. The van der Waals surface area contributed by atoms with E-state index in [9.17, 15) is 23.5 Å². The molecule has 0 heterocycles. The normalized spacial score (nSPS) is 27.9. The van der Waals surface area contributed by atoms with Gasteiger partial charge in [-0.2, -0.15) is 0 Å². The smallest absolute Gasteiger partial charge is 0.220 e. The minimum atomic E-state index is -0.660. The van der Waals surface area contributed by atoms with E-state index in [1.54, 1.807) is 0 Å². The first-order valence-electron chi connectivity index (χ1n) is 14.3. The molecular formula is C32H39F2NO3. The van der Waals surface area contributed by atoms with E-state index in [-0.39, 0.29) is 29.3 Å². The second-order valence-corrected chi connectivity index (χ2v) is 12.0. The van der Waals surface area contributed by atoms with Crippen molar-refractivity contribution in [2.45, 2.75) is 90.5 Å². The van der Waals surface area contributed by atoms with Gasteiger partial charge in [0.1, 0.15) is 23.2 Å². The van der Waals surface area contributed by atoms with Crippen LogP contribution in [0.15, 0.2) is 30.3 Å². The van der Waals surface area contributed by atoms with E-state index >= 15 is 0 Å². The molecule has 4 nitrogen and oxygen atoms in total. The first-order chi connectivity index (χ1) is 18.2. The molecule has 0 saturated heterocycles. The van der Waals surface area contributed by atoms with Gasteiger partial charge in [0.25, 0.3) is 0 Å². The molecule has 0 spiro atoms. The van der Waals surface area contributed by atoms with Gasteiger partial charge < -0.3 is 10.4 Å². The zero-order valence-corrected chi connectivity index (χ0v) is 22.5. The number of benzene rings is 2. The molecule has 0 unspecified atom stereocenters. The first-order valence-corrected chi connectivity index (χ1v) is 14.3. The van der Waals surface area contributed by atoms with Gasteiger partial charge in [-0.05, 0) is 97.4 Å². The van der Waals surface area contributed by atoms with Gasteiger partial charge >= 0.3 is 0 Å². The van der Waals surface area contributed by atoms with Gasteiger partial charge in [0, 0.05) is 36.4 Å². The van der Waals surface area contributed by atoms with Crippen LogP contribution >= 0.6 is 0 Å². The number of carbonyl (C=O) groups is 2. The van der Waals surface area contributed by atoms with Crippen LogP contribution in [-0.2, 0) is 29.0 Å². The van der Waals surface area contributed by atoms with Crippen molar-refractivity contribution >= 4 is 11.7 Å². The standard InChI is InChI=1S/C32H39F2NO3/c1-3-5-20-14-26-19(15-28(20)36)9-11-25-24(26)12-13-32(2)29(37)16-21(31(25)32)6-4-7-30(38)35-18-22-8-10-23(33)17-27(22)34/h8,10,14-15,17,21,24-25,31,36H,3-7,9,11-13,16,18H2,1-2H3,(H,35,38)/t21-,24+,25-,31+,32-/m1/s1. The quantitative estimate of drug-likeness (QED) is 0.402. The third kappa shape index (κ3) is 4.99. The van der Waals surface area contributed by atoms with Gasteiger partial charge in [0.05, 0.1) is 0 Å². The predicted molar refractivity (Wildman–Crippen MR) is 143 cm³/mol. The minimum absolute atomic E-state index is 0.0340. The number of phenolic OH excluding ortho intramolecular Hbond substituents is 1. The lowest BCUT2D eigenvalue weighted by Crippen LogP contribution is -2.44.